The molecule has 1 amide bonds. The zero-order valence-electron chi connectivity index (χ0n) is 17.0. The zero-order valence-corrected chi connectivity index (χ0v) is 17.8. The highest BCUT2D eigenvalue weighted by molar-refractivity contribution is 7.99. The van der Waals surface area contributed by atoms with E-state index in [2.05, 4.69) is 26.2 Å². The maximum absolute atomic E-state index is 12.5. The van der Waals surface area contributed by atoms with Gasteiger partial charge in [-0.1, -0.05) is 30.0 Å². The second kappa shape index (κ2) is 9.75. The number of amides is 1. The number of thioether (sulfide) groups is 1. The van der Waals surface area contributed by atoms with Crippen LogP contribution in [0.5, 0.6) is 5.75 Å². The van der Waals surface area contributed by atoms with E-state index in [0.717, 1.165) is 60.1 Å². The van der Waals surface area contributed by atoms with Crippen LogP contribution in [0.4, 0.5) is 4.79 Å². The SMILES string of the molecule is Cc1ccc(Cc2ccc(OC(=O)N3CCC(CSc4nc[nH]n4)CC3)cc2)nc1. The molecule has 156 valence electrons. The number of nitrogens with zero attached hydrogens (tertiary/aromatic N) is 4. The minimum absolute atomic E-state index is 0.275. The van der Waals surface area contributed by atoms with E-state index >= 15 is 0 Å². The number of ether oxygens (including phenoxy) is 1. The lowest BCUT2D eigenvalue weighted by Crippen LogP contribution is -2.40. The first-order valence-electron chi connectivity index (χ1n) is 10.1. The molecule has 8 heteroatoms. The molecule has 0 unspecified atom stereocenters. The first-order valence-corrected chi connectivity index (χ1v) is 11.1. The summed E-state index contributed by atoms with van der Waals surface area (Å²) in [6, 6.07) is 11.8. The molecule has 0 bridgehead atoms. The van der Waals surface area contributed by atoms with Gasteiger partial charge in [0.2, 0.25) is 5.16 Å². The summed E-state index contributed by atoms with van der Waals surface area (Å²) in [5.41, 5.74) is 3.31. The number of nitrogens with one attached hydrogen (secondary N) is 1. The van der Waals surface area contributed by atoms with E-state index in [9.17, 15) is 4.79 Å². The maximum Gasteiger partial charge on any atom is 0.415 e. The normalized spacial score (nSPS) is 14.6. The van der Waals surface area contributed by atoms with E-state index in [0.29, 0.717) is 11.7 Å². The van der Waals surface area contributed by atoms with Crippen molar-refractivity contribution in [2.24, 2.45) is 5.92 Å². The molecule has 2 aromatic heterocycles. The lowest BCUT2D eigenvalue weighted by molar-refractivity contribution is 0.134. The Morgan fingerprint density at radius 3 is 2.63 bits per heavy atom. The van der Waals surface area contributed by atoms with E-state index in [1.165, 1.54) is 0 Å². The molecule has 7 nitrogen and oxygen atoms in total. The van der Waals surface area contributed by atoms with E-state index in [1.807, 2.05) is 43.5 Å². The van der Waals surface area contributed by atoms with Crippen LogP contribution in [0.25, 0.3) is 0 Å². The first kappa shape index (κ1) is 20.4. The average Bonchev–Trinajstić information content (AvgIpc) is 3.29. The predicted octanol–water partition coefficient (Wildman–Crippen LogP) is 4.10. The smallest absolute Gasteiger partial charge is 0.410 e. The minimum atomic E-state index is -0.275. The molecule has 1 aliphatic heterocycles. The van der Waals surface area contributed by atoms with Crippen LogP contribution in [-0.4, -0.2) is 50.0 Å². The molecule has 0 saturated carbocycles. The van der Waals surface area contributed by atoms with Gasteiger partial charge >= 0.3 is 6.09 Å². The van der Waals surface area contributed by atoms with E-state index in [4.69, 9.17) is 4.74 Å². The van der Waals surface area contributed by atoms with Crippen molar-refractivity contribution in [2.75, 3.05) is 18.8 Å². The van der Waals surface area contributed by atoms with Gasteiger partial charge in [-0.05, 0) is 55.0 Å². The number of carbonyl (C=O) groups excluding carboxylic acids is 1. The Morgan fingerprint density at radius 1 is 1.17 bits per heavy atom. The second-order valence-electron chi connectivity index (χ2n) is 7.54. The Bertz CT molecular complexity index is 937. The molecular formula is C22H25N5O2S. The summed E-state index contributed by atoms with van der Waals surface area (Å²) in [5.74, 6) is 2.10. The van der Waals surface area contributed by atoms with Gasteiger partial charge in [0, 0.05) is 37.2 Å². The van der Waals surface area contributed by atoms with Crippen LogP contribution in [0.3, 0.4) is 0 Å². The van der Waals surface area contributed by atoms with E-state index in [-0.39, 0.29) is 6.09 Å². The summed E-state index contributed by atoms with van der Waals surface area (Å²) in [6.45, 7) is 3.46. The van der Waals surface area contributed by atoms with Crippen molar-refractivity contribution in [1.82, 2.24) is 25.1 Å². The lowest BCUT2D eigenvalue weighted by Gasteiger charge is -2.30. The average molecular weight is 424 g/mol. The monoisotopic (exact) mass is 423 g/mol. The molecule has 4 rings (SSSR count). The van der Waals surface area contributed by atoms with Crippen LogP contribution in [0.15, 0.2) is 54.1 Å². The fraction of sp³-hybridized carbons (Fsp3) is 0.364. The number of likely N-dealkylation sites (tertiary alicyclic amines) is 1. The predicted molar refractivity (Wildman–Crippen MR) is 116 cm³/mol. The molecule has 3 heterocycles. The van der Waals surface area contributed by atoms with Crippen molar-refractivity contribution >= 4 is 17.9 Å². The second-order valence-corrected chi connectivity index (χ2v) is 8.53. The summed E-state index contributed by atoms with van der Waals surface area (Å²) in [5, 5.41) is 7.56. The number of carbonyl (C=O) groups is 1. The molecule has 1 N–H and O–H groups in total. The molecule has 30 heavy (non-hydrogen) atoms. The Hall–Kier alpha value is -2.87. The molecular weight excluding hydrogens is 398 g/mol. The number of piperidine rings is 1. The third kappa shape index (κ3) is 5.60. The number of aromatic amines is 1. The van der Waals surface area contributed by atoms with Gasteiger partial charge in [-0.2, -0.15) is 0 Å². The Balaban J connectivity index is 1.22. The van der Waals surface area contributed by atoms with Crippen molar-refractivity contribution in [2.45, 2.75) is 31.3 Å². The number of H-pyrrole nitrogens is 1. The van der Waals surface area contributed by atoms with E-state index in [1.54, 1.807) is 23.0 Å². The van der Waals surface area contributed by atoms with Gasteiger partial charge in [0.1, 0.15) is 12.1 Å². The van der Waals surface area contributed by atoms with Crippen LogP contribution < -0.4 is 4.74 Å². The first-order chi connectivity index (χ1) is 14.7. The highest BCUT2D eigenvalue weighted by atomic mass is 32.2. The van der Waals surface area contributed by atoms with Gasteiger partial charge in [0.25, 0.3) is 0 Å². The van der Waals surface area contributed by atoms with Crippen molar-refractivity contribution in [3.05, 3.63) is 65.7 Å². The summed E-state index contributed by atoms with van der Waals surface area (Å²) < 4.78 is 5.57. The third-order valence-electron chi connectivity index (χ3n) is 5.20. The van der Waals surface area contributed by atoms with Crippen LogP contribution >= 0.6 is 11.8 Å². The molecule has 1 aromatic carbocycles. The quantitative estimate of drug-likeness (QED) is 0.601. The highest BCUT2D eigenvalue weighted by Crippen LogP contribution is 2.25. The third-order valence-corrected chi connectivity index (χ3v) is 6.29. The fourth-order valence-electron chi connectivity index (χ4n) is 3.39. The highest BCUT2D eigenvalue weighted by Gasteiger charge is 2.24. The molecule has 1 fully saturated rings. The molecule has 0 aliphatic carbocycles. The van der Waals surface area contributed by atoms with Gasteiger partial charge in [0.05, 0.1) is 0 Å². The molecule has 0 radical (unpaired) electrons. The van der Waals surface area contributed by atoms with Crippen molar-refractivity contribution < 1.29 is 9.53 Å². The van der Waals surface area contributed by atoms with Crippen LogP contribution in [0.1, 0.15) is 29.7 Å². The lowest BCUT2D eigenvalue weighted by atomic mass is 9.99. The summed E-state index contributed by atoms with van der Waals surface area (Å²) in [4.78, 5) is 22.8. The number of hydrogen-bond acceptors (Lipinski definition) is 6. The number of hydrogen-bond donors (Lipinski definition) is 1. The van der Waals surface area contributed by atoms with Gasteiger partial charge in [-0.25, -0.2) is 9.78 Å². The Labute approximate surface area is 180 Å². The molecule has 1 saturated heterocycles. The number of benzene rings is 1. The van der Waals surface area contributed by atoms with Gasteiger partial charge in [0.15, 0.2) is 0 Å². The zero-order chi connectivity index (χ0) is 20.8. The van der Waals surface area contributed by atoms with Gasteiger partial charge < -0.3 is 9.64 Å². The number of pyridine rings is 1. The Morgan fingerprint density at radius 2 is 1.97 bits per heavy atom. The Kier molecular flexibility index (Phi) is 6.63. The van der Waals surface area contributed by atoms with Crippen LogP contribution in [0.2, 0.25) is 0 Å². The van der Waals surface area contributed by atoms with Crippen molar-refractivity contribution in [3.8, 4) is 5.75 Å². The summed E-state index contributed by atoms with van der Waals surface area (Å²) in [7, 11) is 0. The largest absolute Gasteiger partial charge is 0.415 e. The van der Waals surface area contributed by atoms with Gasteiger partial charge in [-0.3, -0.25) is 10.1 Å². The summed E-state index contributed by atoms with van der Waals surface area (Å²) in [6.07, 6.45) is 5.88. The maximum atomic E-state index is 12.5. The van der Waals surface area contributed by atoms with Gasteiger partial charge in [-0.15, -0.1) is 5.10 Å². The van der Waals surface area contributed by atoms with E-state index < -0.39 is 0 Å². The number of rotatable bonds is 6. The molecule has 0 spiro atoms. The topological polar surface area (TPSA) is 84.0 Å². The standard InChI is InChI=1S/C22H25N5O2S/c1-16-2-5-19(23-13-16)12-17-3-6-20(7-4-17)29-22(28)27-10-8-18(9-11-27)14-30-21-24-15-25-26-21/h2-7,13,15,18H,8-12,14H2,1H3,(H,24,25,26). The van der Waals surface area contributed by atoms with Crippen molar-refractivity contribution in [3.63, 3.8) is 0 Å². The van der Waals surface area contributed by atoms with Crippen LogP contribution in [0, 0.1) is 12.8 Å². The fourth-order valence-corrected chi connectivity index (χ4v) is 4.36. The number of aromatic nitrogens is 4. The summed E-state index contributed by atoms with van der Waals surface area (Å²) >= 11 is 1.66. The molecule has 0 atom stereocenters. The van der Waals surface area contributed by atoms with Crippen molar-refractivity contribution in [1.29, 1.82) is 0 Å². The van der Waals surface area contributed by atoms with Crippen LogP contribution in [-0.2, 0) is 6.42 Å². The minimum Gasteiger partial charge on any atom is -0.410 e. The molecule has 1 aliphatic rings. The number of aryl methyl sites for hydroxylation is 1. The molecule has 3 aromatic rings.